The molecule has 0 aliphatic carbocycles. The van der Waals surface area contributed by atoms with Crippen LogP contribution in [0.3, 0.4) is 0 Å². The summed E-state index contributed by atoms with van der Waals surface area (Å²) in [5.41, 5.74) is 2.11. The molecule has 2 heterocycles. The standard InChI is InChI=1S/C15H19N7O2/c1-3-22(9-14-16-13(10-23-2)19-24-14)8-11-4-6-12(7-5-11)15-17-20-21-18-15/h4-7H,3,8-10H2,1-2H3,(H,17,18,20,21). The Morgan fingerprint density at radius 2 is 2.04 bits per heavy atom. The number of nitrogens with zero attached hydrogens (tertiary/aromatic N) is 6. The van der Waals surface area contributed by atoms with Crippen molar-refractivity contribution in [3.63, 3.8) is 0 Å². The fraction of sp³-hybridized carbons (Fsp3) is 0.400. The van der Waals surface area contributed by atoms with Crippen LogP contribution in [0.15, 0.2) is 28.8 Å². The molecular formula is C15H19N7O2. The number of H-pyrrole nitrogens is 1. The number of nitrogens with one attached hydrogen (secondary N) is 1. The van der Waals surface area contributed by atoms with Gasteiger partial charge in [0.2, 0.25) is 11.7 Å². The molecule has 0 aliphatic heterocycles. The van der Waals surface area contributed by atoms with Crippen molar-refractivity contribution >= 4 is 0 Å². The Hall–Kier alpha value is -2.65. The van der Waals surface area contributed by atoms with Crippen LogP contribution in [-0.2, 0) is 24.4 Å². The van der Waals surface area contributed by atoms with Gasteiger partial charge in [0.1, 0.15) is 6.61 Å². The molecule has 0 bridgehead atoms. The van der Waals surface area contributed by atoms with Crippen LogP contribution >= 0.6 is 0 Å². The van der Waals surface area contributed by atoms with Gasteiger partial charge in [0.25, 0.3) is 0 Å². The summed E-state index contributed by atoms with van der Waals surface area (Å²) in [5.74, 6) is 1.74. The average molecular weight is 329 g/mol. The quantitative estimate of drug-likeness (QED) is 0.661. The van der Waals surface area contributed by atoms with Crippen molar-refractivity contribution in [3.05, 3.63) is 41.5 Å². The number of aromatic amines is 1. The van der Waals surface area contributed by atoms with Crippen molar-refractivity contribution in [3.8, 4) is 11.4 Å². The van der Waals surface area contributed by atoms with E-state index < -0.39 is 0 Å². The normalized spacial score (nSPS) is 11.3. The molecule has 0 fully saturated rings. The maximum absolute atomic E-state index is 5.25. The van der Waals surface area contributed by atoms with E-state index in [1.807, 2.05) is 12.1 Å². The molecule has 3 aromatic rings. The molecule has 0 saturated carbocycles. The summed E-state index contributed by atoms with van der Waals surface area (Å²) in [6, 6.07) is 8.08. The van der Waals surface area contributed by atoms with E-state index in [0.29, 0.717) is 30.7 Å². The molecular weight excluding hydrogens is 310 g/mol. The first-order valence-corrected chi connectivity index (χ1v) is 7.64. The Balaban J connectivity index is 1.62. The van der Waals surface area contributed by atoms with Gasteiger partial charge in [-0.3, -0.25) is 4.90 Å². The monoisotopic (exact) mass is 329 g/mol. The number of aromatic nitrogens is 6. The van der Waals surface area contributed by atoms with Gasteiger partial charge in [-0.15, -0.1) is 10.2 Å². The number of rotatable bonds is 8. The predicted molar refractivity (Wildman–Crippen MR) is 84.4 cm³/mol. The van der Waals surface area contributed by atoms with Gasteiger partial charge in [-0.1, -0.05) is 36.3 Å². The third-order valence-electron chi connectivity index (χ3n) is 3.55. The van der Waals surface area contributed by atoms with Crippen molar-refractivity contribution in [1.29, 1.82) is 0 Å². The van der Waals surface area contributed by atoms with Crippen LogP contribution in [0.25, 0.3) is 11.4 Å². The molecule has 0 atom stereocenters. The van der Waals surface area contributed by atoms with Crippen LogP contribution in [0.1, 0.15) is 24.2 Å². The topological polar surface area (TPSA) is 106 Å². The van der Waals surface area contributed by atoms with E-state index in [1.54, 1.807) is 7.11 Å². The first-order chi connectivity index (χ1) is 11.8. The molecule has 0 saturated heterocycles. The highest BCUT2D eigenvalue weighted by atomic mass is 16.5. The van der Waals surface area contributed by atoms with Gasteiger partial charge in [-0.05, 0) is 17.3 Å². The molecule has 0 unspecified atom stereocenters. The van der Waals surface area contributed by atoms with Gasteiger partial charge in [-0.2, -0.15) is 10.2 Å². The average Bonchev–Trinajstić information content (AvgIpc) is 3.27. The summed E-state index contributed by atoms with van der Waals surface area (Å²) in [7, 11) is 1.60. The number of methoxy groups -OCH3 is 1. The molecule has 126 valence electrons. The maximum Gasteiger partial charge on any atom is 0.240 e. The van der Waals surface area contributed by atoms with Crippen molar-refractivity contribution in [2.75, 3.05) is 13.7 Å². The lowest BCUT2D eigenvalue weighted by atomic mass is 10.1. The highest BCUT2D eigenvalue weighted by Crippen LogP contribution is 2.16. The third-order valence-corrected chi connectivity index (χ3v) is 3.55. The molecule has 0 amide bonds. The lowest BCUT2D eigenvalue weighted by molar-refractivity contribution is 0.174. The zero-order valence-electron chi connectivity index (χ0n) is 13.6. The second-order valence-electron chi connectivity index (χ2n) is 5.27. The minimum atomic E-state index is 0.354. The molecule has 2 aromatic heterocycles. The third kappa shape index (κ3) is 4.00. The van der Waals surface area contributed by atoms with Gasteiger partial charge in [0.05, 0.1) is 6.54 Å². The highest BCUT2D eigenvalue weighted by molar-refractivity contribution is 5.54. The summed E-state index contributed by atoms with van der Waals surface area (Å²) in [6.45, 7) is 4.70. The largest absolute Gasteiger partial charge is 0.377 e. The lowest BCUT2D eigenvalue weighted by Crippen LogP contribution is -2.22. The van der Waals surface area contributed by atoms with E-state index in [1.165, 1.54) is 5.56 Å². The Kier molecular flexibility index (Phi) is 5.24. The van der Waals surface area contributed by atoms with Crippen molar-refractivity contribution in [1.82, 2.24) is 35.7 Å². The number of hydrogen-bond acceptors (Lipinski definition) is 8. The highest BCUT2D eigenvalue weighted by Gasteiger charge is 2.12. The Morgan fingerprint density at radius 3 is 2.71 bits per heavy atom. The van der Waals surface area contributed by atoms with Crippen LogP contribution < -0.4 is 0 Å². The van der Waals surface area contributed by atoms with Gasteiger partial charge >= 0.3 is 0 Å². The first kappa shape index (κ1) is 16.2. The summed E-state index contributed by atoms with van der Waals surface area (Å²) in [6.07, 6.45) is 0. The van der Waals surface area contributed by atoms with E-state index in [2.05, 4.69) is 54.7 Å². The second kappa shape index (κ2) is 7.75. The molecule has 1 aromatic carbocycles. The Bertz CT molecular complexity index is 740. The van der Waals surface area contributed by atoms with Crippen molar-refractivity contribution in [2.24, 2.45) is 0 Å². The van der Waals surface area contributed by atoms with E-state index in [9.17, 15) is 0 Å². The SMILES string of the molecule is CCN(Cc1ccc(-c2nn[nH]n2)cc1)Cc1nc(COC)no1. The van der Waals surface area contributed by atoms with Gasteiger partial charge in [0, 0.05) is 19.2 Å². The predicted octanol–water partition coefficient (Wildman–Crippen LogP) is 1.42. The summed E-state index contributed by atoms with van der Waals surface area (Å²) in [4.78, 5) is 6.52. The zero-order chi connectivity index (χ0) is 16.8. The van der Waals surface area contributed by atoms with Crippen LogP contribution in [0.4, 0.5) is 0 Å². The number of ether oxygens (including phenoxy) is 1. The van der Waals surface area contributed by atoms with Gasteiger partial charge in [-0.25, -0.2) is 0 Å². The number of hydrogen-bond donors (Lipinski definition) is 1. The Morgan fingerprint density at radius 1 is 1.21 bits per heavy atom. The fourth-order valence-electron chi connectivity index (χ4n) is 2.31. The van der Waals surface area contributed by atoms with Crippen LogP contribution in [-0.4, -0.2) is 49.3 Å². The van der Waals surface area contributed by atoms with Gasteiger partial charge < -0.3 is 9.26 Å². The van der Waals surface area contributed by atoms with Gasteiger partial charge in [0.15, 0.2) is 5.82 Å². The lowest BCUT2D eigenvalue weighted by Gasteiger charge is -2.18. The summed E-state index contributed by atoms with van der Waals surface area (Å²) >= 11 is 0. The van der Waals surface area contributed by atoms with E-state index in [-0.39, 0.29) is 0 Å². The van der Waals surface area contributed by atoms with Crippen LogP contribution in [0, 0.1) is 0 Å². The van der Waals surface area contributed by atoms with E-state index in [4.69, 9.17) is 9.26 Å². The number of tetrazole rings is 1. The van der Waals surface area contributed by atoms with Crippen LogP contribution in [0.2, 0.25) is 0 Å². The molecule has 3 rings (SSSR count). The molecule has 0 radical (unpaired) electrons. The zero-order valence-corrected chi connectivity index (χ0v) is 13.6. The summed E-state index contributed by atoms with van der Waals surface area (Å²) < 4.78 is 10.2. The molecule has 9 nitrogen and oxygen atoms in total. The fourth-order valence-corrected chi connectivity index (χ4v) is 2.31. The Labute approximate surface area is 139 Å². The molecule has 9 heteroatoms. The molecule has 1 N–H and O–H groups in total. The number of benzene rings is 1. The van der Waals surface area contributed by atoms with Crippen molar-refractivity contribution in [2.45, 2.75) is 26.6 Å². The molecule has 0 spiro atoms. The van der Waals surface area contributed by atoms with Crippen molar-refractivity contribution < 1.29 is 9.26 Å². The molecule has 0 aliphatic rings. The first-order valence-electron chi connectivity index (χ1n) is 7.64. The second-order valence-corrected chi connectivity index (χ2v) is 5.27. The van der Waals surface area contributed by atoms with E-state index >= 15 is 0 Å². The van der Waals surface area contributed by atoms with E-state index in [0.717, 1.165) is 18.7 Å². The summed E-state index contributed by atoms with van der Waals surface area (Å²) in [5, 5.41) is 17.8. The minimum absolute atomic E-state index is 0.354. The smallest absolute Gasteiger partial charge is 0.240 e. The minimum Gasteiger partial charge on any atom is -0.377 e. The molecule has 24 heavy (non-hydrogen) atoms. The van der Waals surface area contributed by atoms with Crippen LogP contribution in [0.5, 0.6) is 0 Å². The maximum atomic E-state index is 5.25.